The van der Waals surface area contributed by atoms with Gasteiger partial charge in [-0.05, 0) is 24.1 Å². The Balaban J connectivity index is 2.64. The molecule has 0 saturated heterocycles. The normalized spacial score (nSPS) is 10.6. The molecule has 0 saturated carbocycles. The van der Waals surface area contributed by atoms with Crippen LogP contribution in [0.4, 0.5) is 0 Å². The van der Waals surface area contributed by atoms with Crippen molar-refractivity contribution in [1.82, 2.24) is 5.32 Å². The molecule has 1 amide bonds. The zero-order valence-electron chi connectivity index (χ0n) is 10.1. The second-order valence-corrected chi connectivity index (χ2v) is 5.34. The highest BCUT2D eigenvalue weighted by molar-refractivity contribution is 9.10. The summed E-state index contributed by atoms with van der Waals surface area (Å²) in [5.74, 6) is 0.433. The number of hydrogen-bond donors (Lipinski definition) is 1. The molecule has 0 aliphatic rings. The van der Waals surface area contributed by atoms with E-state index in [0.29, 0.717) is 23.0 Å². The molecule has 0 aromatic heterocycles. The van der Waals surface area contributed by atoms with Crippen LogP contribution in [0.1, 0.15) is 37.0 Å². The van der Waals surface area contributed by atoms with Crippen LogP contribution in [-0.4, -0.2) is 12.5 Å². The molecule has 0 heterocycles. The smallest absolute Gasteiger partial charge is 0.252 e. The molecule has 1 aromatic carbocycles. The number of amides is 1. The summed E-state index contributed by atoms with van der Waals surface area (Å²) in [6, 6.07) is 5.28. The summed E-state index contributed by atoms with van der Waals surface area (Å²) in [6.07, 6.45) is 2.15. The fourth-order valence-corrected chi connectivity index (χ4v) is 2.34. The van der Waals surface area contributed by atoms with Crippen molar-refractivity contribution in [2.24, 2.45) is 5.92 Å². The van der Waals surface area contributed by atoms with E-state index in [0.717, 1.165) is 17.3 Å². The molecule has 0 aliphatic carbocycles. The molecule has 0 aliphatic heterocycles. The van der Waals surface area contributed by atoms with Crippen LogP contribution < -0.4 is 5.32 Å². The Morgan fingerprint density at radius 1 is 1.41 bits per heavy atom. The Bertz CT molecular complexity index is 391. The van der Waals surface area contributed by atoms with E-state index in [1.54, 1.807) is 12.1 Å². The minimum absolute atomic E-state index is 0.102. The highest BCUT2D eigenvalue weighted by atomic mass is 79.9. The molecule has 1 aromatic rings. The molecule has 1 rings (SSSR count). The Morgan fingerprint density at radius 3 is 2.59 bits per heavy atom. The van der Waals surface area contributed by atoms with E-state index in [9.17, 15) is 4.79 Å². The zero-order chi connectivity index (χ0) is 12.8. The first-order valence-corrected chi connectivity index (χ1v) is 6.98. The summed E-state index contributed by atoms with van der Waals surface area (Å²) in [5, 5.41) is 3.40. The lowest BCUT2D eigenvalue weighted by molar-refractivity contribution is 0.0946. The van der Waals surface area contributed by atoms with Gasteiger partial charge < -0.3 is 5.32 Å². The molecule has 0 atom stereocenters. The summed E-state index contributed by atoms with van der Waals surface area (Å²) < 4.78 is 0.874. The van der Waals surface area contributed by atoms with Crippen LogP contribution in [0.2, 0.25) is 5.02 Å². The molecule has 0 bridgehead atoms. The quantitative estimate of drug-likeness (QED) is 0.863. The third kappa shape index (κ3) is 4.32. The number of halogens is 2. The Kier molecular flexibility index (Phi) is 6.00. The minimum Gasteiger partial charge on any atom is -0.352 e. The first kappa shape index (κ1) is 14.5. The van der Waals surface area contributed by atoms with Gasteiger partial charge in [-0.1, -0.05) is 54.2 Å². The molecule has 0 unspecified atom stereocenters. The number of hydrogen-bond acceptors (Lipinski definition) is 1. The molecule has 1 N–H and O–H groups in total. The molecule has 4 heteroatoms. The van der Waals surface area contributed by atoms with E-state index >= 15 is 0 Å². The summed E-state index contributed by atoms with van der Waals surface area (Å²) in [5.41, 5.74) is 0.529. The fraction of sp³-hybridized carbons (Fsp3) is 0.462. The van der Waals surface area contributed by atoms with Crippen LogP contribution >= 0.6 is 27.5 Å². The molecule has 2 nitrogen and oxygen atoms in total. The van der Waals surface area contributed by atoms with E-state index in [-0.39, 0.29) is 5.91 Å². The van der Waals surface area contributed by atoms with Crippen molar-refractivity contribution in [3.63, 3.8) is 0 Å². The Morgan fingerprint density at radius 2 is 2.06 bits per heavy atom. The number of carbonyl (C=O) groups excluding carboxylic acids is 1. The van der Waals surface area contributed by atoms with Crippen LogP contribution in [-0.2, 0) is 0 Å². The van der Waals surface area contributed by atoms with Gasteiger partial charge in [0.15, 0.2) is 0 Å². The van der Waals surface area contributed by atoms with Crippen molar-refractivity contribution < 1.29 is 4.79 Å². The molecular formula is C13H17BrClNO. The molecule has 94 valence electrons. The molecular weight excluding hydrogens is 302 g/mol. The highest BCUT2D eigenvalue weighted by Crippen LogP contribution is 2.21. The lowest BCUT2D eigenvalue weighted by Crippen LogP contribution is -2.29. The van der Waals surface area contributed by atoms with Gasteiger partial charge in [-0.2, -0.15) is 0 Å². The van der Waals surface area contributed by atoms with Crippen LogP contribution in [0.15, 0.2) is 22.7 Å². The van der Waals surface area contributed by atoms with Crippen LogP contribution in [0.5, 0.6) is 0 Å². The maximum absolute atomic E-state index is 11.9. The summed E-state index contributed by atoms with van der Waals surface area (Å²) >= 11 is 9.33. The number of benzene rings is 1. The lowest BCUT2D eigenvalue weighted by Gasteiger charge is -2.13. The van der Waals surface area contributed by atoms with Crippen molar-refractivity contribution >= 4 is 33.4 Å². The van der Waals surface area contributed by atoms with E-state index in [1.807, 2.05) is 6.07 Å². The van der Waals surface area contributed by atoms with Gasteiger partial charge in [-0.25, -0.2) is 0 Å². The van der Waals surface area contributed by atoms with Gasteiger partial charge >= 0.3 is 0 Å². The Hall–Kier alpha value is -0.540. The van der Waals surface area contributed by atoms with E-state index in [2.05, 4.69) is 35.1 Å². The summed E-state index contributed by atoms with van der Waals surface area (Å²) in [7, 11) is 0. The van der Waals surface area contributed by atoms with Gasteiger partial charge in [0.05, 0.1) is 10.6 Å². The number of rotatable bonds is 5. The van der Waals surface area contributed by atoms with Gasteiger partial charge in [0.25, 0.3) is 5.91 Å². The predicted octanol–water partition coefficient (Wildman–Crippen LogP) is 4.27. The lowest BCUT2D eigenvalue weighted by atomic mass is 10.0. The van der Waals surface area contributed by atoms with Crippen molar-refractivity contribution in [2.45, 2.75) is 26.7 Å². The van der Waals surface area contributed by atoms with E-state index in [4.69, 9.17) is 11.6 Å². The maximum atomic E-state index is 11.9. The molecule has 0 spiro atoms. The van der Waals surface area contributed by atoms with Crippen molar-refractivity contribution in [1.29, 1.82) is 0 Å². The summed E-state index contributed by atoms with van der Waals surface area (Å²) in [4.78, 5) is 11.9. The topological polar surface area (TPSA) is 29.1 Å². The Labute approximate surface area is 116 Å². The van der Waals surface area contributed by atoms with E-state index < -0.39 is 0 Å². The standard InChI is InChI=1S/C13H17BrClNO/c1-3-9(4-2)8-16-13(17)11-6-5-10(14)7-12(11)15/h5-7,9H,3-4,8H2,1-2H3,(H,16,17). The average Bonchev–Trinajstić information content (AvgIpc) is 2.30. The summed E-state index contributed by atoms with van der Waals surface area (Å²) in [6.45, 7) is 4.97. The fourth-order valence-electron chi connectivity index (χ4n) is 1.58. The highest BCUT2D eigenvalue weighted by Gasteiger charge is 2.11. The number of carbonyl (C=O) groups is 1. The molecule has 17 heavy (non-hydrogen) atoms. The van der Waals surface area contributed by atoms with Crippen LogP contribution in [0, 0.1) is 5.92 Å². The second kappa shape index (κ2) is 7.02. The first-order valence-electron chi connectivity index (χ1n) is 5.81. The van der Waals surface area contributed by atoms with Gasteiger partial charge in [0.1, 0.15) is 0 Å². The monoisotopic (exact) mass is 317 g/mol. The molecule has 0 fully saturated rings. The SMILES string of the molecule is CCC(CC)CNC(=O)c1ccc(Br)cc1Cl. The third-order valence-corrected chi connectivity index (χ3v) is 3.69. The van der Waals surface area contributed by atoms with Crippen molar-refractivity contribution in [3.8, 4) is 0 Å². The van der Waals surface area contributed by atoms with Gasteiger partial charge in [0.2, 0.25) is 0 Å². The third-order valence-electron chi connectivity index (χ3n) is 2.88. The average molecular weight is 319 g/mol. The van der Waals surface area contributed by atoms with Crippen LogP contribution in [0.3, 0.4) is 0 Å². The number of nitrogens with one attached hydrogen (secondary N) is 1. The van der Waals surface area contributed by atoms with Gasteiger partial charge in [-0.15, -0.1) is 0 Å². The van der Waals surface area contributed by atoms with Crippen molar-refractivity contribution in [3.05, 3.63) is 33.3 Å². The van der Waals surface area contributed by atoms with Gasteiger partial charge in [0, 0.05) is 11.0 Å². The van der Waals surface area contributed by atoms with E-state index in [1.165, 1.54) is 0 Å². The molecule has 0 radical (unpaired) electrons. The van der Waals surface area contributed by atoms with Crippen LogP contribution in [0.25, 0.3) is 0 Å². The first-order chi connectivity index (χ1) is 8.08. The minimum atomic E-state index is -0.102. The van der Waals surface area contributed by atoms with Gasteiger partial charge in [-0.3, -0.25) is 4.79 Å². The second-order valence-electron chi connectivity index (χ2n) is 4.02. The zero-order valence-corrected chi connectivity index (χ0v) is 12.4. The van der Waals surface area contributed by atoms with Crippen molar-refractivity contribution in [2.75, 3.05) is 6.54 Å². The maximum Gasteiger partial charge on any atom is 0.252 e. The predicted molar refractivity (Wildman–Crippen MR) is 75.6 cm³/mol. The largest absolute Gasteiger partial charge is 0.352 e.